The maximum Gasteiger partial charge on any atom is 0.313 e. The van der Waals surface area contributed by atoms with Crippen LogP contribution in [0.2, 0.25) is 5.02 Å². The molecule has 0 radical (unpaired) electrons. The number of H-pyrrole nitrogens is 1. The topological polar surface area (TPSA) is 68.4 Å². The molecule has 4 rings (SSSR count). The molecule has 1 aliphatic heterocycles. The number of anilines is 2. The fraction of sp³-hybridized carbons (Fsp3) is 0.200. The van der Waals surface area contributed by atoms with Crippen LogP contribution in [0.5, 0.6) is 0 Å². The van der Waals surface area contributed by atoms with Crippen molar-refractivity contribution in [3.05, 3.63) is 59.8 Å². The number of piperazine rings is 1. The fourth-order valence-electron chi connectivity index (χ4n) is 3.27. The number of halogens is 1. The number of aromatic amines is 1. The molecule has 2 aromatic carbocycles. The molecule has 1 saturated heterocycles. The molecule has 2 heterocycles. The Kier molecular flexibility index (Phi) is 4.73. The van der Waals surface area contributed by atoms with Gasteiger partial charge in [0, 0.05) is 54.3 Å². The molecule has 1 fully saturated rings. The first-order chi connectivity index (χ1) is 13.1. The van der Waals surface area contributed by atoms with Crippen LogP contribution in [0.4, 0.5) is 11.4 Å². The van der Waals surface area contributed by atoms with Crippen molar-refractivity contribution >= 4 is 45.7 Å². The summed E-state index contributed by atoms with van der Waals surface area (Å²) >= 11 is 5.92. The highest BCUT2D eigenvalue weighted by Gasteiger charge is 2.26. The lowest BCUT2D eigenvalue weighted by Gasteiger charge is -2.35. The van der Waals surface area contributed by atoms with E-state index in [0.717, 1.165) is 16.6 Å². The average Bonchev–Trinajstić information content (AvgIpc) is 3.16. The molecule has 2 amide bonds. The van der Waals surface area contributed by atoms with Gasteiger partial charge in [-0.3, -0.25) is 9.59 Å². The van der Waals surface area contributed by atoms with Crippen molar-refractivity contribution in [1.82, 2.24) is 9.88 Å². The summed E-state index contributed by atoms with van der Waals surface area (Å²) in [5, 5.41) is 4.44. The molecule has 3 aromatic rings. The third-order valence-electron chi connectivity index (χ3n) is 4.77. The second-order valence-electron chi connectivity index (χ2n) is 6.49. The zero-order valence-corrected chi connectivity index (χ0v) is 15.4. The van der Waals surface area contributed by atoms with Crippen molar-refractivity contribution in [2.75, 3.05) is 36.4 Å². The van der Waals surface area contributed by atoms with Gasteiger partial charge in [0.1, 0.15) is 0 Å². The number of rotatable bonds is 2. The first-order valence-electron chi connectivity index (χ1n) is 8.78. The summed E-state index contributed by atoms with van der Waals surface area (Å²) in [5.74, 6) is -1.11. The molecule has 138 valence electrons. The number of aromatic nitrogens is 1. The molecular formula is C20H19ClN4O2. The van der Waals surface area contributed by atoms with Crippen LogP contribution in [0, 0.1) is 0 Å². The van der Waals surface area contributed by atoms with Crippen LogP contribution in [0.1, 0.15) is 0 Å². The summed E-state index contributed by atoms with van der Waals surface area (Å²) in [7, 11) is 0. The minimum atomic E-state index is -0.610. The molecule has 1 aliphatic rings. The van der Waals surface area contributed by atoms with Gasteiger partial charge in [-0.1, -0.05) is 17.7 Å². The van der Waals surface area contributed by atoms with E-state index in [-0.39, 0.29) is 0 Å². The lowest BCUT2D eigenvalue weighted by Crippen LogP contribution is -2.51. The van der Waals surface area contributed by atoms with Crippen LogP contribution in [-0.2, 0) is 9.59 Å². The van der Waals surface area contributed by atoms with Crippen LogP contribution in [0.15, 0.2) is 54.7 Å². The molecular weight excluding hydrogens is 364 g/mol. The van der Waals surface area contributed by atoms with E-state index in [1.807, 2.05) is 48.7 Å². The van der Waals surface area contributed by atoms with E-state index in [9.17, 15) is 9.59 Å². The van der Waals surface area contributed by atoms with Gasteiger partial charge in [-0.2, -0.15) is 0 Å². The number of nitrogens with one attached hydrogen (secondary N) is 2. The summed E-state index contributed by atoms with van der Waals surface area (Å²) in [4.78, 5) is 31.7. The van der Waals surface area contributed by atoms with Gasteiger partial charge in [-0.15, -0.1) is 0 Å². The molecule has 0 spiro atoms. The van der Waals surface area contributed by atoms with E-state index in [4.69, 9.17) is 11.6 Å². The first kappa shape index (κ1) is 17.4. The quantitative estimate of drug-likeness (QED) is 0.669. The van der Waals surface area contributed by atoms with Crippen molar-refractivity contribution in [2.45, 2.75) is 0 Å². The number of benzene rings is 2. The van der Waals surface area contributed by atoms with Crippen molar-refractivity contribution < 1.29 is 9.59 Å². The Morgan fingerprint density at radius 2 is 1.70 bits per heavy atom. The Bertz CT molecular complexity index is 975. The lowest BCUT2D eigenvalue weighted by molar-refractivity contribution is -0.143. The van der Waals surface area contributed by atoms with Crippen molar-refractivity contribution in [3.63, 3.8) is 0 Å². The molecule has 1 aromatic heterocycles. The fourth-order valence-corrected chi connectivity index (χ4v) is 3.40. The van der Waals surface area contributed by atoms with Gasteiger partial charge in [0.05, 0.1) is 0 Å². The van der Waals surface area contributed by atoms with Gasteiger partial charge in [-0.05, 0) is 47.9 Å². The average molecular weight is 383 g/mol. The van der Waals surface area contributed by atoms with E-state index in [1.54, 1.807) is 11.0 Å². The second kappa shape index (κ2) is 7.32. The minimum Gasteiger partial charge on any atom is -0.368 e. The second-order valence-corrected chi connectivity index (χ2v) is 6.93. The van der Waals surface area contributed by atoms with Gasteiger partial charge in [-0.25, -0.2) is 0 Å². The first-order valence-corrected chi connectivity index (χ1v) is 9.16. The maximum atomic E-state index is 12.5. The van der Waals surface area contributed by atoms with Gasteiger partial charge in [0.25, 0.3) is 0 Å². The van der Waals surface area contributed by atoms with E-state index in [0.29, 0.717) is 36.9 Å². The molecule has 27 heavy (non-hydrogen) atoms. The summed E-state index contributed by atoms with van der Waals surface area (Å²) in [6.07, 6.45) is 1.83. The predicted octanol–water partition coefficient (Wildman–Crippen LogP) is 3.11. The number of carbonyl (C=O) groups excluding carboxylic acids is 2. The molecule has 0 atom stereocenters. The predicted molar refractivity (Wildman–Crippen MR) is 107 cm³/mol. The Morgan fingerprint density at radius 1 is 0.963 bits per heavy atom. The summed E-state index contributed by atoms with van der Waals surface area (Å²) in [5.41, 5.74) is 2.58. The highest BCUT2D eigenvalue weighted by atomic mass is 35.5. The third kappa shape index (κ3) is 3.75. The molecule has 0 bridgehead atoms. The molecule has 6 nitrogen and oxygen atoms in total. The van der Waals surface area contributed by atoms with Crippen LogP contribution in [0.3, 0.4) is 0 Å². The van der Waals surface area contributed by atoms with Gasteiger partial charge in [0.15, 0.2) is 0 Å². The molecule has 0 aliphatic carbocycles. The van der Waals surface area contributed by atoms with Crippen molar-refractivity contribution in [3.8, 4) is 0 Å². The number of hydrogen-bond donors (Lipinski definition) is 2. The Morgan fingerprint density at radius 3 is 2.44 bits per heavy atom. The number of hydrogen-bond acceptors (Lipinski definition) is 3. The van der Waals surface area contributed by atoms with Crippen LogP contribution < -0.4 is 10.2 Å². The summed E-state index contributed by atoms with van der Waals surface area (Å²) in [6, 6.07) is 15.1. The molecule has 2 N–H and O–H groups in total. The summed E-state index contributed by atoms with van der Waals surface area (Å²) in [6.45, 7) is 2.36. The summed E-state index contributed by atoms with van der Waals surface area (Å²) < 4.78 is 0. The van der Waals surface area contributed by atoms with Crippen LogP contribution >= 0.6 is 11.6 Å². The molecule has 7 heteroatoms. The smallest absolute Gasteiger partial charge is 0.313 e. The number of fused-ring (bicyclic) bond motifs is 1. The highest BCUT2D eigenvalue weighted by molar-refractivity contribution is 6.39. The van der Waals surface area contributed by atoms with E-state index >= 15 is 0 Å². The number of nitrogens with zero attached hydrogens (tertiary/aromatic N) is 2. The lowest BCUT2D eigenvalue weighted by atomic mass is 10.2. The van der Waals surface area contributed by atoms with Crippen LogP contribution in [0.25, 0.3) is 10.9 Å². The minimum absolute atomic E-state index is 0.502. The van der Waals surface area contributed by atoms with Gasteiger partial charge < -0.3 is 20.1 Å². The van der Waals surface area contributed by atoms with E-state index in [2.05, 4.69) is 15.2 Å². The SMILES string of the molecule is O=C(Nc1ccc2cc[nH]c2c1)C(=O)N1CCN(c2ccc(Cl)cc2)CC1. The maximum absolute atomic E-state index is 12.5. The van der Waals surface area contributed by atoms with Gasteiger partial charge in [0.2, 0.25) is 0 Å². The third-order valence-corrected chi connectivity index (χ3v) is 5.02. The van der Waals surface area contributed by atoms with E-state index < -0.39 is 11.8 Å². The zero-order valence-electron chi connectivity index (χ0n) is 14.6. The number of carbonyl (C=O) groups is 2. The monoisotopic (exact) mass is 382 g/mol. The van der Waals surface area contributed by atoms with Gasteiger partial charge >= 0.3 is 11.8 Å². The van der Waals surface area contributed by atoms with Crippen molar-refractivity contribution in [1.29, 1.82) is 0 Å². The number of amides is 2. The van der Waals surface area contributed by atoms with Crippen molar-refractivity contribution in [2.24, 2.45) is 0 Å². The van der Waals surface area contributed by atoms with Crippen LogP contribution in [-0.4, -0.2) is 47.9 Å². The Labute approximate surface area is 161 Å². The molecule has 0 unspecified atom stereocenters. The Balaban J connectivity index is 1.35. The normalized spacial score (nSPS) is 14.4. The molecule has 0 saturated carbocycles. The largest absolute Gasteiger partial charge is 0.368 e. The van der Waals surface area contributed by atoms with E-state index in [1.165, 1.54) is 0 Å². The zero-order chi connectivity index (χ0) is 18.8. The Hall–Kier alpha value is -2.99. The highest BCUT2D eigenvalue weighted by Crippen LogP contribution is 2.20. The standard InChI is InChI=1S/C20H19ClN4O2/c21-15-2-5-17(6-3-15)24-9-11-25(12-10-24)20(27)19(26)23-16-4-1-14-7-8-22-18(14)13-16/h1-8,13,22H,9-12H2,(H,23,26).